The van der Waals surface area contributed by atoms with Crippen molar-refractivity contribution in [2.24, 2.45) is 0 Å². The summed E-state index contributed by atoms with van der Waals surface area (Å²) in [5.74, 6) is -0.265. The van der Waals surface area contributed by atoms with Crippen molar-refractivity contribution in [1.29, 1.82) is 0 Å². The molecule has 6 heteroatoms. The molecule has 0 unspecified atom stereocenters. The summed E-state index contributed by atoms with van der Waals surface area (Å²) >= 11 is 3.41. The van der Waals surface area contributed by atoms with Gasteiger partial charge in [-0.1, -0.05) is 34.1 Å². The topological polar surface area (TPSA) is 61.4 Å². The summed E-state index contributed by atoms with van der Waals surface area (Å²) in [6.07, 6.45) is 2.73. The quantitative estimate of drug-likeness (QED) is 0.676. The fourth-order valence-electron chi connectivity index (χ4n) is 3.34. The number of benzene rings is 2. The molecule has 0 atom stereocenters. The molecule has 0 spiro atoms. The lowest BCUT2D eigenvalue weighted by Crippen LogP contribution is -2.28. The molecule has 1 saturated heterocycles. The molecule has 2 aromatic carbocycles. The van der Waals surface area contributed by atoms with Crippen LogP contribution < -0.4 is 10.6 Å². The summed E-state index contributed by atoms with van der Waals surface area (Å²) < 4.78 is 0.913. The van der Waals surface area contributed by atoms with Crippen LogP contribution in [-0.4, -0.2) is 36.3 Å². The maximum atomic E-state index is 12.4. The number of aryl methyl sites for hydroxylation is 1. The van der Waals surface area contributed by atoms with Crippen LogP contribution in [0.5, 0.6) is 0 Å². The number of hydrogen-bond acceptors (Lipinski definition) is 3. The normalized spacial score (nSPS) is 14.1. The molecule has 5 nitrogen and oxygen atoms in total. The Balaban J connectivity index is 1.47. The van der Waals surface area contributed by atoms with Crippen LogP contribution in [0.15, 0.2) is 46.9 Å². The largest absolute Gasteiger partial charge is 0.352 e. The Bertz CT molecular complexity index is 847. The highest BCUT2D eigenvalue weighted by Gasteiger charge is 2.13. The molecular weight excluding hydrogens is 418 g/mol. The first-order valence-electron chi connectivity index (χ1n) is 9.67. The summed E-state index contributed by atoms with van der Waals surface area (Å²) in [7, 11) is 0. The van der Waals surface area contributed by atoms with Crippen molar-refractivity contribution < 1.29 is 9.59 Å². The minimum Gasteiger partial charge on any atom is -0.352 e. The number of hydrogen-bond donors (Lipinski definition) is 2. The highest BCUT2D eigenvalue weighted by molar-refractivity contribution is 9.10. The van der Waals surface area contributed by atoms with Crippen molar-refractivity contribution in [1.82, 2.24) is 10.2 Å². The average molecular weight is 444 g/mol. The summed E-state index contributed by atoms with van der Waals surface area (Å²) in [5.41, 5.74) is 3.56. The van der Waals surface area contributed by atoms with Gasteiger partial charge in [0, 0.05) is 35.2 Å². The molecule has 3 rings (SSSR count). The molecule has 2 aromatic rings. The summed E-state index contributed by atoms with van der Waals surface area (Å²) in [5, 5.41) is 5.73. The van der Waals surface area contributed by atoms with Crippen molar-refractivity contribution >= 4 is 33.4 Å². The van der Waals surface area contributed by atoms with Gasteiger partial charge in [0.05, 0.1) is 0 Å². The predicted molar refractivity (Wildman–Crippen MR) is 115 cm³/mol. The van der Waals surface area contributed by atoms with E-state index in [1.807, 2.05) is 43.3 Å². The van der Waals surface area contributed by atoms with Gasteiger partial charge in [0.2, 0.25) is 5.91 Å². The third-order valence-electron chi connectivity index (χ3n) is 4.91. The van der Waals surface area contributed by atoms with E-state index in [4.69, 9.17) is 0 Å². The SMILES string of the molecule is Cc1ccc(Br)cc1NC(=O)CCNC(=O)c1cccc(CN2CCCC2)c1. The first kappa shape index (κ1) is 20.6. The summed E-state index contributed by atoms with van der Waals surface area (Å²) in [6, 6.07) is 13.5. The summed E-state index contributed by atoms with van der Waals surface area (Å²) in [6.45, 7) is 5.38. The Morgan fingerprint density at radius 1 is 1.11 bits per heavy atom. The lowest BCUT2D eigenvalue weighted by molar-refractivity contribution is -0.116. The van der Waals surface area contributed by atoms with Gasteiger partial charge in [0.1, 0.15) is 0 Å². The molecule has 1 aliphatic heterocycles. The number of halogens is 1. The van der Waals surface area contributed by atoms with Gasteiger partial charge in [0.25, 0.3) is 5.91 Å². The second-order valence-electron chi connectivity index (χ2n) is 7.20. The number of carbonyl (C=O) groups excluding carboxylic acids is 2. The molecule has 2 N–H and O–H groups in total. The fourth-order valence-corrected chi connectivity index (χ4v) is 3.70. The van der Waals surface area contributed by atoms with Crippen LogP contribution >= 0.6 is 15.9 Å². The van der Waals surface area contributed by atoms with Gasteiger partial charge in [0.15, 0.2) is 0 Å². The van der Waals surface area contributed by atoms with Gasteiger partial charge in [-0.2, -0.15) is 0 Å². The first-order chi connectivity index (χ1) is 13.5. The Morgan fingerprint density at radius 3 is 2.68 bits per heavy atom. The van der Waals surface area contributed by atoms with Crippen molar-refractivity contribution in [3.63, 3.8) is 0 Å². The lowest BCUT2D eigenvalue weighted by atomic mass is 10.1. The van der Waals surface area contributed by atoms with E-state index in [0.29, 0.717) is 12.1 Å². The van der Waals surface area contributed by atoms with Gasteiger partial charge < -0.3 is 10.6 Å². The zero-order valence-corrected chi connectivity index (χ0v) is 17.7. The van der Waals surface area contributed by atoms with Crippen molar-refractivity contribution in [3.8, 4) is 0 Å². The minimum atomic E-state index is -0.144. The van der Waals surface area contributed by atoms with E-state index in [1.165, 1.54) is 12.8 Å². The highest BCUT2D eigenvalue weighted by atomic mass is 79.9. The number of carbonyl (C=O) groups is 2. The predicted octanol–water partition coefficient (Wildman–Crippen LogP) is 4.11. The molecule has 28 heavy (non-hydrogen) atoms. The molecule has 2 amide bonds. The highest BCUT2D eigenvalue weighted by Crippen LogP contribution is 2.20. The van der Waals surface area contributed by atoms with E-state index in [9.17, 15) is 9.59 Å². The monoisotopic (exact) mass is 443 g/mol. The molecule has 0 radical (unpaired) electrons. The third kappa shape index (κ3) is 5.91. The second kappa shape index (κ2) is 9.85. The standard InChI is InChI=1S/C22H26BrN3O2/c1-16-7-8-19(23)14-20(16)25-21(27)9-10-24-22(28)18-6-4-5-17(13-18)15-26-11-2-3-12-26/h4-8,13-14H,2-3,9-12,15H2,1H3,(H,24,28)(H,25,27). The Labute approximate surface area is 174 Å². The average Bonchev–Trinajstić information content (AvgIpc) is 3.18. The minimum absolute atomic E-state index is 0.121. The van der Waals surface area contributed by atoms with E-state index in [1.54, 1.807) is 0 Å². The van der Waals surface area contributed by atoms with Crippen molar-refractivity contribution in [2.45, 2.75) is 32.7 Å². The zero-order chi connectivity index (χ0) is 19.9. The smallest absolute Gasteiger partial charge is 0.251 e. The number of anilines is 1. The number of likely N-dealkylation sites (tertiary alicyclic amines) is 1. The van der Waals surface area contributed by atoms with E-state index < -0.39 is 0 Å². The lowest BCUT2D eigenvalue weighted by Gasteiger charge is -2.15. The molecule has 0 aromatic heterocycles. The molecular formula is C22H26BrN3O2. The number of rotatable bonds is 7. The maximum Gasteiger partial charge on any atom is 0.251 e. The van der Waals surface area contributed by atoms with Gasteiger partial charge >= 0.3 is 0 Å². The number of amides is 2. The van der Waals surface area contributed by atoms with E-state index in [2.05, 4.69) is 37.5 Å². The molecule has 1 heterocycles. The Kier molecular flexibility index (Phi) is 7.23. The van der Waals surface area contributed by atoms with Crippen LogP contribution in [0.3, 0.4) is 0 Å². The second-order valence-corrected chi connectivity index (χ2v) is 8.11. The van der Waals surface area contributed by atoms with Crippen LogP contribution in [0.4, 0.5) is 5.69 Å². The Hall–Kier alpha value is -2.18. The number of nitrogens with one attached hydrogen (secondary N) is 2. The van der Waals surface area contributed by atoms with E-state index in [-0.39, 0.29) is 18.2 Å². The molecule has 0 aliphatic carbocycles. The van der Waals surface area contributed by atoms with Gasteiger partial charge in [-0.15, -0.1) is 0 Å². The molecule has 1 aliphatic rings. The van der Waals surface area contributed by atoms with E-state index in [0.717, 1.165) is 40.9 Å². The fraction of sp³-hybridized carbons (Fsp3) is 0.364. The molecule has 0 bridgehead atoms. The van der Waals surface area contributed by atoms with Gasteiger partial charge in [-0.05, 0) is 68.2 Å². The van der Waals surface area contributed by atoms with Gasteiger partial charge in [-0.3, -0.25) is 14.5 Å². The van der Waals surface area contributed by atoms with Crippen LogP contribution in [0.25, 0.3) is 0 Å². The van der Waals surface area contributed by atoms with Crippen LogP contribution in [0.2, 0.25) is 0 Å². The molecule has 148 valence electrons. The third-order valence-corrected chi connectivity index (χ3v) is 5.40. The van der Waals surface area contributed by atoms with Crippen molar-refractivity contribution in [2.75, 3.05) is 25.0 Å². The molecule has 1 fully saturated rings. The Morgan fingerprint density at radius 2 is 1.89 bits per heavy atom. The summed E-state index contributed by atoms with van der Waals surface area (Å²) in [4.78, 5) is 27.0. The first-order valence-corrected chi connectivity index (χ1v) is 10.5. The van der Waals surface area contributed by atoms with Crippen LogP contribution in [0, 0.1) is 6.92 Å². The van der Waals surface area contributed by atoms with E-state index >= 15 is 0 Å². The van der Waals surface area contributed by atoms with Crippen LogP contribution in [-0.2, 0) is 11.3 Å². The van der Waals surface area contributed by atoms with Crippen molar-refractivity contribution in [3.05, 3.63) is 63.6 Å². The van der Waals surface area contributed by atoms with Gasteiger partial charge in [-0.25, -0.2) is 0 Å². The molecule has 0 saturated carbocycles. The maximum absolute atomic E-state index is 12.4. The van der Waals surface area contributed by atoms with Crippen LogP contribution in [0.1, 0.15) is 40.7 Å². The number of nitrogens with zero attached hydrogens (tertiary/aromatic N) is 1. The zero-order valence-electron chi connectivity index (χ0n) is 16.1.